The summed E-state index contributed by atoms with van der Waals surface area (Å²) in [4.78, 5) is 0. The lowest BCUT2D eigenvalue weighted by Crippen LogP contribution is -2.34. The van der Waals surface area contributed by atoms with Gasteiger partial charge in [-0.05, 0) is 17.3 Å². The predicted molar refractivity (Wildman–Crippen MR) is 60.5 cm³/mol. The molecule has 0 spiro atoms. The minimum atomic E-state index is 0.311. The van der Waals surface area contributed by atoms with Gasteiger partial charge in [0.25, 0.3) is 0 Å². The van der Waals surface area contributed by atoms with Crippen LogP contribution in [0.25, 0.3) is 0 Å². The number of hydrogen-bond donors (Lipinski definition) is 0. The molecule has 0 heterocycles. The van der Waals surface area contributed by atoms with Gasteiger partial charge in [0, 0.05) is 6.42 Å². The molecule has 0 N–H and O–H groups in total. The molecule has 0 aromatic carbocycles. The van der Waals surface area contributed by atoms with Crippen LogP contribution in [-0.2, 0) is 0 Å². The van der Waals surface area contributed by atoms with Gasteiger partial charge in [0.2, 0.25) is 0 Å². The van der Waals surface area contributed by atoms with Crippen molar-refractivity contribution >= 4 is 0 Å². The van der Waals surface area contributed by atoms with Crippen LogP contribution >= 0.6 is 0 Å². The molecule has 0 aliphatic carbocycles. The molecule has 0 nitrogen and oxygen atoms in total. The first kappa shape index (κ1) is 12.6. The highest BCUT2D eigenvalue weighted by Gasteiger charge is 2.37. The third-order valence-corrected chi connectivity index (χ3v) is 3.81. The summed E-state index contributed by atoms with van der Waals surface area (Å²) in [6, 6.07) is 0. The van der Waals surface area contributed by atoms with Crippen molar-refractivity contribution in [2.45, 2.75) is 60.3 Å². The molecule has 1 atom stereocenters. The van der Waals surface area contributed by atoms with Gasteiger partial charge in [-0.2, -0.15) is 0 Å². The van der Waals surface area contributed by atoms with E-state index in [-0.39, 0.29) is 0 Å². The van der Waals surface area contributed by atoms with Crippen molar-refractivity contribution in [1.29, 1.82) is 0 Å². The van der Waals surface area contributed by atoms with E-state index in [4.69, 9.17) is 6.42 Å². The normalized spacial score (nSPS) is 16.3. The van der Waals surface area contributed by atoms with Crippen molar-refractivity contribution in [2.75, 3.05) is 0 Å². The van der Waals surface area contributed by atoms with Crippen LogP contribution in [0.3, 0.4) is 0 Å². The van der Waals surface area contributed by atoms with Crippen LogP contribution in [0.5, 0.6) is 0 Å². The first-order chi connectivity index (χ1) is 5.93. The summed E-state index contributed by atoms with van der Waals surface area (Å²) in [6.45, 7) is 11.5. The van der Waals surface area contributed by atoms with Gasteiger partial charge in [-0.3, -0.25) is 0 Å². The Kier molecular flexibility index (Phi) is 4.54. The van der Waals surface area contributed by atoms with Gasteiger partial charge in [-0.25, -0.2) is 0 Å². The maximum Gasteiger partial charge on any atom is 0.0145 e. The molecular formula is C13H24. The smallest absolute Gasteiger partial charge is 0.0145 e. The van der Waals surface area contributed by atoms with Crippen molar-refractivity contribution in [2.24, 2.45) is 10.8 Å². The van der Waals surface area contributed by atoms with Crippen LogP contribution in [0.2, 0.25) is 0 Å². The van der Waals surface area contributed by atoms with E-state index in [2.05, 4.69) is 40.5 Å². The molecule has 0 aliphatic heterocycles. The molecule has 0 saturated heterocycles. The number of rotatable bonds is 5. The zero-order valence-electron chi connectivity index (χ0n) is 9.91. The molecule has 1 unspecified atom stereocenters. The summed E-state index contributed by atoms with van der Waals surface area (Å²) in [7, 11) is 0. The summed E-state index contributed by atoms with van der Waals surface area (Å²) < 4.78 is 0. The van der Waals surface area contributed by atoms with E-state index in [9.17, 15) is 0 Å². The van der Waals surface area contributed by atoms with Crippen molar-refractivity contribution in [3.05, 3.63) is 0 Å². The van der Waals surface area contributed by atoms with Gasteiger partial charge in [-0.1, -0.05) is 47.5 Å². The van der Waals surface area contributed by atoms with Crippen LogP contribution in [0.1, 0.15) is 60.3 Å². The second-order valence-corrected chi connectivity index (χ2v) is 4.93. The summed E-state index contributed by atoms with van der Waals surface area (Å²) in [5.41, 5.74) is 0.667. The number of terminal acetylenes is 1. The Bertz CT molecular complexity index is 183. The maximum absolute atomic E-state index is 5.45. The molecular weight excluding hydrogens is 156 g/mol. The maximum atomic E-state index is 5.45. The highest BCUT2D eigenvalue weighted by molar-refractivity contribution is 4.98. The van der Waals surface area contributed by atoms with Crippen molar-refractivity contribution in [3.8, 4) is 12.3 Å². The minimum absolute atomic E-state index is 0.311. The SMILES string of the molecule is C#CCC(C)(CCC)C(C)(C)CC. The summed E-state index contributed by atoms with van der Waals surface area (Å²) in [6.07, 6.45) is 10.0. The van der Waals surface area contributed by atoms with E-state index in [1.54, 1.807) is 0 Å². The van der Waals surface area contributed by atoms with Gasteiger partial charge in [0.1, 0.15) is 0 Å². The van der Waals surface area contributed by atoms with Crippen molar-refractivity contribution in [3.63, 3.8) is 0 Å². The quantitative estimate of drug-likeness (QED) is 0.555. The molecule has 0 aromatic rings. The van der Waals surface area contributed by atoms with Gasteiger partial charge in [0.05, 0.1) is 0 Å². The average molecular weight is 180 g/mol. The zero-order chi connectivity index (χ0) is 10.5. The molecule has 13 heavy (non-hydrogen) atoms. The lowest BCUT2D eigenvalue weighted by molar-refractivity contribution is 0.0771. The molecule has 0 aromatic heterocycles. The van der Waals surface area contributed by atoms with Gasteiger partial charge in [-0.15, -0.1) is 12.3 Å². The summed E-state index contributed by atoms with van der Waals surface area (Å²) in [5.74, 6) is 2.83. The van der Waals surface area contributed by atoms with Crippen LogP contribution in [-0.4, -0.2) is 0 Å². The number of hydrogen-bond acceptors (Lipinski definition) is 0. The molecule has 0 bridgehead atoms. The fourth-order valence-electron chi connectivity index (χ4n) is 1.87. The van der Waals surface area contributed by atoms with E-state index in [0.29, 0.717) is 10.8 Å². The average Bonchev–Trinajstić information content (AvgIpc) is 2.05. The standard InChI is InChI=1S/C13H24/c1-7-10-13(6,11-8-2)12(4,5)9-3/h1H,8-11H2,2-6H3. The third-order valence-electron chi connectivity index (χ3n) is 3.81. The Hall–Kier alpha value is -0.440. The summed E-state index contributed by atoms with van der Waals surface area (Å²) in [5, 5.41) is 0. The molecule has 0 amide bonds. The molecule has 0 radical (unpaired) electrons. The van der Waals surface area contributed by atoms with Crippen molar-refractivity contribution in [1.82, 2.24) is 0 Å². The van der Waals surface area contributed by atoms with E-state index in [0.717, 1.165) is 6.42 Å². The van der Waals surface area contributed by atoms with E-state index < -0.39 is 0 Å². The Morgan fingerprint density at radius 1 is 1.15 bits per heavy atom. The monoisotopic (exact) mass is 180 g/mol. The topological polar surface area (TPSA) is 0 Å². The van der Waals surface area contributed by atoms with Crippen LogP contribution < -0.4 is 0 Å². The Morgan fingerprint density at radius 3 is 2.00 bits per heavy atom. The molecule has 0 fully saturated rings. The second-order valence-electron chi connectivity index (χ2n) is 4.93. The van der Waals surface area contributed by atoms with Crippen LogP contribution in [0, 0.1) is 23.2 Å². The van der Waals surface area contributed by atoms with Gasteiger partial charge >= 0.3 is 0 Å². The fraction of sp³-hybridized carbons (Fsp3) is 0.846. The lowest BCUT2D eigenvalue weighted by Gasteiger charge is -2.43. The fourth-order valence-corrected chi connectivity index (χ4v) is 1.87. The first-order valence-electron chi connectivity index (χ1n) is 5.37. The Labute approximate surface area is 84.1 Å². The van der Waals surface area contributed by atoms with E-state index in [1.165, 1.54) is 19.3 Å². The third kappa shape index (κ3) is 2.76. The zero-order valence-corrected chi connectivity index (χ0v) is 9.91. The van der Waals surface area contributed by atoms with E-state index in [1.807, 2.05) is 0 Å². The Morgan fingerprint density at radius 2 is 1.69 bits per heavy atom. The van der Waals surface area contributed by atoms with Crippen LogP contribution in [0.15, 0.2) is 0 Å². The minimum Gasteiger partial charge on any atom is -0.120 e. The predicted octanol–water partition coefficient (Wildman–Crippen LogP) is 4.25. The largest absolute Gasteiger partial charge is 0.120 e. The molecule has 76 valence electrons. The molecule has 0 aliphatic rings. The van der Waals surface area contributed by atoms with E-state index >= 15 is 0 Å². The first-order valence-corrected chi connectivity index (χ1v) is 5.37. The molecule has 0 heteroatoms. The lowest BCUT2D eigenvalue weighted by atomic mass is 9.61. The van der Waals surface area contributed by atoms with Gasteiger partial charge < -0.3 is 0 Å². The molecule has 0 saturated carbocycles. The highest BCUT2D eigenvalue weighted by Crippen LogP contribution is 2.47. The van der Waals surface area contributed by atoms with Crippen LogP contribution in [0.4, 0.5) is 0 Å². The second kappa shape index (κ2) is 4.70. The Balaban J connectivity index is 4.67. The van der Waals surface area contributed by atoms with Gasteiger partial charge in [0.15, 0.2) is 0 Å². The molecule has 0 rings (SSSR count). The highest BCUT2D eigenvalue weighted by atomic mass is 14.4. The van der Waals surface area contributed by atoms with Crippen molar-refractivity contribution < 1.29 is 0 Å². The summed E-state index contributed by atoms with van der Waals surface area (Å²) >= 11 is 0.